The van der Waals surface area contributed by atoms with E-state index in [2.05, 4.69) is 27.4 Å². The third-order valence-corrected chi connectivity index (χ3v) is 5.08. The standard InChI is InChI=1S/C23H23N3O2/c27-22(19-9-7-18(8-10-19)17-5-2-1-3-6-17)26-20-11-13-21(14-12-20)28-23-24-15-4-16-25-23/h1-10,15-16,20-21H,11-14H2,(H,26,27). The van der Waals surface area contributed by atoms with Crippen molar-refractivity contribution in [3.05, 3.63) is 78.6 Å². The largest absolute Gasteiger partial charge is 0.460 e. The second kappa shape index (κ2) is 8.65. The van der Waals surface area contributed by atoms with Crippen molar-refractivity contribution < 1.29 is 9.53 Å². The minimum absolute atomic E-state index is 0.0182. The number of hydrogen-bond acceptors (Lipinski definition) is 4. The van der Waals surface area contributed by atoms with Crippen LogP contribution >= 0.6 is 0 Å². The minimum Gasteiger partial charge on any atom is -0.460 e. The molecule has 5 nitrogen and oxygen atoms in total. The second-order valence-electron chi connectivity index (χ2n) is 7.04. The van der Waals surface area contributed by atoms with Gasteiger partial charge in [0, 0.05) is 24.0 Å². The number of rotatable bonds is 5. The minimum atomic E-state index is -0.0182. The van der Waals surface area contributed by atoms with Crippen LogP contribution in [0.1, 0.15) is 36.0 Å². The first-order valence-electron chi connectivity index (χ1n) is 9.68. The number of aromatic nitrogens is 2. The first kappa shape index (κ1) is 18.2. The second-order valence-corrected chi connectivity index (χ2v) is 7.04. The zero-order valence-corrected chi connectivity index (χ0v) is 15.6. The number of nitrogens with zero attached hydrogens (tertiary/aromatic N) is 2. The summed E-state index contributed by atoms with van der Waals surface area (Å²) in [6, 6.07) is 20.3. The summed E-state index contributed by atoms with van der Waals surface area (Å²) in [5.41, 5.74) is 2.95. The Hall–Kier alpha value is -3.21. The fourth-order valence-electron chi connectivity index (χ4n) is 3.53. The summed E-state index contributed by atoms with van der Waals surface area (Å²) in [5, 5.41) is 3.15. The third kappa shape index (κ3) is 4.55. The van der Waals surface area contributed by atoms with Gasteiger partial charge in [-0.25, -0.2) is 9.97 Å². The summed E-state index contributed by atoms with van der Waals surface area (Å²) in [5.74, 6) is -0.0182. The maximum absolute atomic E-state index is 12.6. The van der Waals surface area contributed by atoms with E-state index in [4.69, 9.17) is 4.74 Å². The van der Waals surface area contributed by atoms with Crippen LogP contribution in [0.25, 0.3) is 11.1 Å². The van der Waals surface area contributed by atoms with Crippen molar-refractivity contribution in [2.75, 3.05) is 0 Å². The van der Waals surface area contributed by atoms with Crippen LogP contribution in [0, 0.1) is 0 Å². The molecule has 142 valence electrons. The highest BCUT2D eigenvalue weighted by Gasteiger charge is 2.24. The van der Waals surface area contributed by atoms with Gasteiger partial charge >= 0.3 is 6.01 Å². The van der Waals surface area contributed by atoms with Gasteiger partial charge in [0.2, 0.25) is 0 Å². The van der Waals surface area contributed by atoms with Gasteiger partial charge in [-0.05, 0) is 55.0 Å². The normalized spacial score (nSPS) is 19.0. The first-order valence-corrected chi connectivity index (χ1v) is 9.68. The molecule has 1 saturated carbocycles. The summed E-state index contributed by atoms with van der Waals surface area (Å²) < 4.78 is 5.81. The van der Waals surface area contributed by atoms with E-state index < -0.39 is 0 Å². The van der Waals surface area contributed by atoms with Gasteiger partial charge in [-0.1, -0.05) is 42.5 Å². The van der Waals surface area contributed by atoms with Gasteiger partial charge < -0.3 is 10.1 Å². The zero-order valence-electron chi connectivity index (χ0n) is 15.6. The molecule has 0 unspecified atom stereocenters. The molecule has 1 aliphatic rings. The molecule has 0 aliphatic heterocycles. The molecule has 1 aromatic heterocycles. The molecule has 5 heteroatoms. The third-order valence-electron chi connectivity index (χ3n) is 5.08. The van der Waals surface area contributed by atoms with E-state index in [1.54, 1.807) is 18.5 Å². The molecule has 0 atom stereocenters. The van der Waals surface area contributed by atoms with E-state index in [0.29, 0.717) is 11.6 Å². The van der Waals surface area contributed by atoms with E-state index in [1.807, 2.05) is 42.5 Å². The zero-order chi connectivity index (χ0) is 19.2. The molecule has 0 spiro atoms. The smallest absolute Gasteiger partial charge is 0.316 e. The van der Waals surface area contributed by atoms with E-state index in [-0.39, 0.29) is 18.1 Å². The molecule has 1 fully saturated rings. The predicted octanol–water partition coefficient (Wildman–Crippen LogP) is 4.26. The molecule has 0 bridgehead atoms. The Morgan fingerprint density at radius 2 is 1.46 bits per heavy atom. The lowest BCUT2D eigenvalue weighted by Crippen LogP contribution is -2.39. The van der Waals surface area contributed by atoms with Crippen molar-refractivity contribution in [1.29, 1.82) is 0 Å². The average Bonchev–Trinajstić information content (AvgIpc) is 2.76. The Morgan fingerprint density at radius 3 is 2.14 bits per heavy atom. The number of nitrogens with one attached hydrogen (secondary N) is 1. The first-order chi connectivity index (χ1) is 13.8. The van der Waals surface area contributed by atoms with Crippen molar-refractivity contribution in [3.8, 4) is 17.1 Å². The molecular formula is C23H23N3O2. The monoisotopic (exact) mass is 373 g/mol. The van der Waals surface area contributed by atoms with Crippen molar-refractivity contribution in [3.63, 3.8) is 0 Å². The van der Waals surface area contributed by atoms with E-state index in [0.717, 1.165) is 36.8 Å². The number of benzene rings is 2. The molecule has 1 amide bonds. The highest BCUT2D eigenvalue weighted by molar-refractivity contribution is 5.94. The van der Waals surface area contributed by atoms with Crippen LogP contribution in [0.3, 0.4) is 0 Å². The summed E-state index contributed by atoms with van der Waals surface area (Å²) in [7, 11) is 0. The predicted molar refractivity (Wildman–Crippen MR) is 108 cm³/mol. The average molecular weight is 373 g/mol. The highest BCUT2D eigenvalue weighted by Crippen LogP contribution is 2.23. The van der Waals surface area contributed by atoms with E-state index in [9.17, 15) is 4.79 Å². The van der Waals surface area contributed by atoms with Crippen LogP contribution in [0.4, 0.5) is 0 Å². The topological polar surface area (TPSA) is 64.1 Å². The fraction of sp³-hybridized carbons (Fsp3) is 0.261. The molecule has 2 aromatic carbocycles. The highest BCUT2D eigenvalue weighted by atomic mass is 16.5. The van der Waals surface area contributed by atoms with Gasteiger partial charge in [0.25, 0.3) is 5.91 Å². The molecule has 0 radical (unpaired) electrons. The molecule has 0 saturated heterocycles. The lowest BCUT2D eigenvalue weighted by atomic mass is 9.92. The molecule has 1 aliphatic carbocycles. The lowest BCUT2D eigenvalue weighted by molar-refractivity contribution is 0.0885. The van der Waals surface area contributed by atoms with Crippen molar-refractivity contribution in [2.45, 2.75) is 37.8 Å². The maximum Gasteiger partial charge on any atom is 0.316 e. The summed E-state index contributed by atoms with van der Waals surface area (Å²) >= 11 is 0. The van der Waals surface area contributed by atoms with E-state index >= 15 is 0 Å². The SMILES string of the molecule is O=C(NC1CCC(Oc2ncccn2)CC1)c1ccc(-c2ccccc2)cc1. The Balaban J connectivity index is 1.29. The van der Waals surface area contributed by atoms with Crippen LogP contribution in [-0.4, -0.2) is 28.0 Å². The Morgan fingerprint density at radius 1 is 0.821 bits per heavy atom. The Labute approximate surface area is 164 Å². The number of carbonyl (C=O) groups is 1. The molecule has 1 heterocycles. The van der Waals surface area contributed by atoms with E-state index in [1.165, 1.54) is 0 Å². The molecule has 3 aromatic rings. The van der Waals surface area contributed by atoms with Gasteiger partial charge in [0.1, 0.15) is 6.10 Å². The van der Waals surface area contributed by atoms with Crippen molar-refractivity contribution in [1.82, 2.24) is 15.3 Å². The quantitative estimate of drug-likeness (QED) is 0.726. The lowest BCUT2D eigenvalue weighted by Gasteiger charge is -2.28. The van der Waals surface area contributed by atoms with Gasteiger partial charge in [0.05, 0.1) is 0 Å². The van der Waals surface area contributed by atoms with Crippen LogP contribution in [-0.2, 0) is 0 Å². The van der Waals surface area contributed by atoms with Gasteiger partial charge in [0.15, 0.2) is 0 Å². The molecular weight excluding hydrogens is 350 g/mol. The number of amides is 1. The number of hydrogen-bond donors (Lipinski definition) is 1. The van der Waals surface area contributed by atoms with Crippen molar-refractivity contribution in [2.24, 2.45) is 0 Å². The molecule has 28 heavy (non-hydrogen) atoms. The Bertz CT molecular complexity index is 890. The number of carbonyl (C=O) groups excluding carboxylic acids is 1. The van der Waals surface area contributed by atoms with Crippen LogP contribution in [0.5, 0.6) is 6.01 Å². The maximum atomic E-state index is 12.6. The van der Waals surface area contributed by atoms with Gasteiger partial charge in [-0.3, -0.25) is 4.79 Å². The summed E-state index contributed by atoms with van der Waals surface area (Å²) in [4.78, 5) is 20.8. The summed E-state index contributed by atoms with van der Waals surface area (Å²) in [6.07, 6.45) is 7.03. The summed E-state index contributed by atoms with van der Waals surface area (Å²) in [6.45, 7) is 0. The van der Waals surface area contributed by atoms with Crippen LogP contribution in [0.2, 0.25) is 0 Å². The van der Waals surface area contributed by atoms with Crippen LogP contribution in [0.15, 0.2) is 73.1 Å². The molecule has 1 N–H and O–H groups in total. The number of ether oxygens (including phenoxy) is 1. The van der Waals surface area contributed by atoms with Gasteiger partial charge in [-0.15, -0.1) is 0 Å². The van der Waals surface area contributed by atoms with Gasteiger partial charge in [-0.2, -0.15) is 0 Å². The Kier molecular flexibility index (Phi) is 5.61. The fourth-order valence-corrected chi connectivity index (χ4v) is 3.53. The van der Waals surface area contributed by atoms with Crippen molar-refractivity contribution >= 4 is 5.91 Å². The molecule has 4 rings (SSSR count). The van der Waals surface area contributed by atoms with Crippen LogP contribution < -0.4 is 10.1 Å².